The second-order valence-corrected chi connectivity index (χ2v) is 8.19. The summed E-state index contributed by atoms with van der Waals surface area (Å²) in [4.78, 5) is 0. The summed E-state index contributed by atoms with van der Waals surface area (Å²) in [6.45, 7) is 11.1. The monoisotopic (exact) mass is 342 g/mol. The lowest BCUT2D eigenvalue weighted by Gasteiger charge is -2.32. The summed E-state index contributed by atoms with van der Waals surface area (Å²) >= 11 is 0. The van der Waals surface area contributed by atoms with Crippen LogP contribution in [-0.4, -0.2) is 34.8 Å². The van der Waals surface area contributed by atoms with Gasteiger partial charge in [-0.2, -0.15) is 5.10 Å². The Hall–Kier alpha value is -1.37. The van der Waals surface area contributed by atoms with E-state index in [0.717, 1.165) is 30.7 Å². The quantitative estimate of drug-likeness (QED) is 0.773. The van der Waals surface area contributed by atoms with Crippen LogP contribution in [0.5, 0.6) is 0 Å². The third kappa shape index (κ3) is 2.71. The standard InChI is InChI=1S/C19H27BN2O3/c1-13-17-14(16-11-6-7-12-23-16)9-8-10-15(17)22(21-13)20-24-18(2,3)19(4,5)25-20/h8-10,16H,6-7,11-12H2,1-5H3. The third-order valence-corrected chi connectivity index (χ3v) is 5.91. The predicted molar refractivity (Wildman–Crippen MR) is 98.5 cm³/mol. The van der Waals surface area contributed by atoms with Crippen molar-refractivity contribution < 1.29 is 14.0 Å². The van der Waals surface area contributed by atoms with Gasteiger partial charge in [-0.15, -0.1) is 0 Å². The molecular weight excluding hydrogens is 315 g/mol. The minimum atomic E-state index is -0.510. The van der Waals surface area contributed by atoms with Crippen molar-refractivity contribution in [1.82, 2.24) is 9.69 Å². The first-order valence-electron chi connectivity index (χ1n) is 9.25. The van der Waals surface area contributed by atoms with Gasteiger partial charge in [-0.25, -0.2) is 0 Å². The van der Waals surface area contributed by atoms with E-state index in [1.54, 1.807) is 0 Å². The number of aryl methyl sites for hydroxylation is 1. The summed E-state index contributed by atoms with van der Waals surface area (Å²) in [7, 11) is -0.510. The maximum Gasteiger partial charge on any atom is 0.616 e. The SMILES string of the molecule is Cc1nn(B2OC(C)(C)C(C)(C)O2)c2cccc(C3CCCCO3)c12. The molecular formula is C19H27BN2O3. The number of ether oxygens (including phenoxy) is 1. The topological polar surface area (TPSA) is 45.5 Å². The lowest BCUT2D eigenvalue weighted by atomic mass is 9.90. The first-order chi connectivity index (χ1) is 11.8. The number of hydrogen-bond donors (Lipinski definition) is 0. The summed E-state index contributed by atoms with van der Waals surface area (Å²) in [6, 6.07) is 6.34. The molecule has 0 spiro atoms. The highest BCUT2D eigenvalue weighted by molar-refractivity contribution is 6.44. The zero-order valence-corrected chi connectivity index (χ0v) is 15.8. The molecule has 0 aliphatic carbocycles. The maximum absolute atomic E-state index is 6.20. The molecule has 1 aromatic heterocycles. The molecule has 3 heterocycles. The van der Waals surface area contributed by atoms with Crippen molar-refractivity contribution in [2.24, 2.45) is 0 Å². The Bertz CT molecular complexity index is 777. The van der Waals surface area contributed by atoms with Crippen LogP contribution in [-0.2, 0) is 14.0 Å². The molecule has 0 radical (unpaired) electrons. The molecule has 5 nitrogen and oxygen atoms in total. The first kappa shape index (κ1) is 17.1. The van der Waals surface area contributed by atoms with Gasteiger partial charge in [0, 0.05) is 12.0 Å². The Morgan fingerprint density at radius 3 is 2.48 bits per heavy atom. The molecule has 0 saturated carbocycles. The van der Waals surface area contributed by atoms with Gasteiger partial charge in [-0.1, -0.05) is 12.1 Å². The molecule has 4 rings (SSSR count). The van der Waals surface area contributed by atoms with Gasteiger partial charge in [-0.3, -0.25) is 4.59 Å². The molecule has 1 atom stereocenters. The van der Waals surface area contributed by atoms with Crippen LogP contribution in [0, 0.1) is 6.92 Å². The molecule has 2 fully saturated rings. The van der Waals surface area contributed by atoms with Gasteiger partial charge >= 0.3 is 7.25 Å². The summed E-state index contributed by atoms with van der Waals surface area (Å²) in [5.74, 6) is 0. The van der Waals surface area contributed by atoms with Crippen LogP contribution in [0.1, 0.15) is 64.3 Å². The molecule has 6 heteroatoms. The number of rotatable bonds is 2. The van der Waals surface area contributed by atoms with Crippen molar-refractivity contribution in [3.8, 4) is 0 Å². The number of nitrogens with zero attached hydrogens (tertiary/aromatic N) is 2. The van der Waals surface area contributed by atoms with E-state index in [1.807, 2.05) is 4.59 Å². The smallest absolute Gasteiger partial charge is 0.383 e. The lowest BCUT2D eigenvalue weighted by molar-refractivity contribution is 0.00578. The van der Waals surface area contributed by atoms with Crippen LogP contribution < -0.4 is 0 Å². The van der Waals surface area contributed by atoms with Gasteiger partial charge < -0.3 is 14.0 Å². The number of benzene rings is 1. The van der Waals surface area contributed by atoms with E-state index in [0.29, 0.717) is 0 Å². The van der Waals surface area contributed by atoms with Crippen LogP contribution in [0.15, 0.2) is 18.2 Å². The molecule has 0 amide bonds. The summed E-state index contributed by atoms with van der Waals surface area (Å²) in [6.07, 6.45) is 3.59. The first-order valence-corrected chi connectivity index (χ1v) is 9.25. The van der Waals surface area contributed by atoms with Crippen LogP contribution in [0.3, 0.4) is 0 Å². The average molecular weight is 342 g/mol. The molecule has 2 aliphatic rings. The molecule has 2 aliphatic heterocycles. The van der Waals surface area contributed by atoms with E-state index in [4.69, 9.17) is 19.1 Å². The van der Waals surface area contributed by atoms with E-state index in [1.165, 1.54) is 17.4 Å². The highest BCUT2D eigenvalue weighted by Crippen LogP contribution is 2.39. The van der Waals surface area contributed by atoms with Crippen LogP contribution in [0.25, 0.3) is 10.9 Å². The fraction of sp³-hybridized carbons (Fsp3) is 0.632. The van der Waals surface area contributed by atoms with Crippen molar-refractivity contribution in [3.05, 3.63) is 29.5 Å². The molecule has 25 heavy (non-hydrogen) atoms. The zero-order valence-electron chi connectivity index (χ0n) is 15.8. The van der Waals surface area contributed by atoms with Crippen molar-refractivity contribution in [2.45, 2.75) is 71.2 Å². The average Bonchev–Trinajstić information content (AvgIpc) is 3.02. The van der Waals surface area contributed by atoms with Crippen molar-refractivity contribution in [3.63, 3.8) is 0 Å². The molecule has 134 valence electrons. The Morgan fingerprint density at radius 1 is 1.12 bits per heavy atom. The second kappa shape index (κ2) is 5.83. The van der Waals surface area contributed by atoms with Gasteiger partial charge in [0.15, 0.2) is 0 Å². The number of fused-ring (bicyclic) bond motifs is 1. The van der Waals surface area contributed by atoms with E-state index in [-0.39, 0.29) is 17.3 Å². The van der Waals surface area contributed by atoms with Crippen LogP contribution >= 0.6 is 0 Å². The van der Waals surface area contributed by atoms with Gasteiger partial charge in [0.05, 0.1) is 28.5 Å². The Labute approximate surface area is 149 Å². The van der Waals surface area contributed by atoms with Crippen molar-refractivity contribution in [1.29, 1.82) is 0 Å². The Kier molecular flexibility index (Phi) is 3.98. The molecule has 1 unspecified atom stereocenters. The lowest BCUT2D eigenvalue weighted by Crippen LogP contribution is -2.41. The van der Waals surface area contributed by atoms with E-state index in [9.17, 15) is 0 Å². The van der Waals surface area contributed by atoms with Gasteiger partial charge in [-0.05, 0) is 65.5 Å². The van der Waals surface area contributed by atoms with Gasteiger partial charge in [0.25, 0.3) is 0 Å². The largest absolute Gasteiger partial charge is 0.616 e. The predicted octanol–water partition coefficient (Wildman–Crippen LogP) is 4.02. The van der Waals surface area contributed by atoms with Crippen LogP contribution in [0.4, 0.5) is 0 Å². The second-order valence-electron chi connectivity index (χ2n) is 8.19. The van der Waals surface area contributed by atoms with E-state index < -0.39 is 7.25 Å². The van der Waals surface area contributed by atoms with Gasteiger partial charge in [0.1, 0.15) is 0 Å². The van der Waals surface area contributed by atoms with E-state index >= 15 is 0 Å². The van der Waals surface area contributed by atoms with Crippen LogP contribution in [0.2, 0.25) is 0 Å². The maximum atomic E-state index is 6.20. The summed E-state index contributed by atoms with van der Waals surface area (Å²) < 4.78 is 20.3. The van der Waals surface area contributed by atoms with E-state index in [2.05, 4.69) is 52.8 Å². The number of aromatic nitrogens is 2. The fourth-order valence-corrected chi connectivity index (χ4v) is 3.73. The Balaban J connectivity index is 1.77. The summed E-state index contributed by atoms with van der Waals surface area (Å²) in [5.41, 5.74) is 2.51. The fourth-order valence-electron chi connectivity index (χ4n) is 3.73. The molecule has 0 bridgehead atoms. The third-order valence-electron chi connectivity index (χ3n) is 5.91. The van der Waals surface area contributed by atoms with Crippen molar-refractivity contribution >= 4 is 18.2 Å². The van der Waals surface area contributed by atoms with Gasteiger partial charge in [0.2, 0.25) is 0 Å². The van der Waals surface area contributed by atoms with Crippen molar-refractivity contribution in [2.75, 3.05) is 6.61 Å². The molecule has 1 aromatic carbocycles. The number of hydrogen-bond acceptors (Lipinski definition) is 4. The molecule has 2 saturated heterocycles. The minimum Gasteiger partial charge on any atom is -0.383 e. The normalized spacial score (nSPS) is 25.6. The minimum absolute atomic E-state index is 0.159. The zero-order chi connectivity index (χ0) is 17.8. The Morgan fingerprint density at radius 2 is 1.84 bits per heavy atom. The highest BCUT2D eigenvalue weighted by atomic mass is 16.7. The highest BCUT2D eigenvalue weighted by Gasteiger charge is 2.53. The molecule has 0 N–H and O–H groups in total. The molecule has 2 aromatic rings. The summed E-state index contributed by atoms with van der Waals surface area (Å²) in [5, 5.41) is 5.94.